The molecule has 0 amide bonds. The summed E-state index contributed by atoms with van der Waals surface area (Å²) in [7, 11) is 0. The number of phenols is 2. The molecule has 4 nitrogen and oxygen atoms in total. The predicted molar refractivity (Wildman–Crippen MR) is 134 cm³/mol. The van der Waals surface area contributed by atoms with Gasteiger partial charge in [0.1, 0.15) is 23.9 Å². The van der Waals surface area contributed by atoms with Crippen molar-refractivity contribution in [2.45, 2.75) is 32.1 Å². The van der Waals surface area contributed by atoms with Gasteiger partial charge in [-0.15, -0.1) is 0 Å². The quantitative estimate of drug-likeness (QED) is 0.460. The van der Waals surface area contributed by atoms with Gasteiger partial charge in [-0.25, -0.2) is 0 Å². The van der Waals surface area contributed by atoms with Crippen molar-refractivity contribution in [1.82, 2.24) is 4.90 Å². The summed E-state index contributed by atoms with van der Waals surface area (Å²) < 4.78 is 6.20. The largest absolute Gasteiger partial charge is 0.508 e. The summed E-state index contributed by atoms with van der Waals surface area (Å²) in [6.07, 6.45) is 10.2. The van der Waals surface area contributed by atoms with E-state index in [-0.39, 0.29) is 11.5 Å². The maximum atomic E-state index is 10.0. The summed E-state index contributed by atoms with van der Waals surface area (Å²) in [6, 6.07) is 17.1. The number of hydrogen-bond donors (Lipinski definition) is 2. The van der Waals surface area contributed by atoms with Crippen LogP contribution in [0.1, 0.15) is 37.7 Å². The molecule has 0 aromatic heterocycles. The summed E-state index contributed by atoms with van der Waals surface area (Å²) in [5.41, 5.74) is 4.59. The van der Waals surface area contributed by atoms with E-state index in [1.54, 1.807) is 18.2 Å². The molecule has 3 aromatic carbocycles. The molecule has 0 atom stereocenters. The number of rotatable bonds is 6. The number of fused-ring (bicyclic) bond motifs is 1. The van der Waals surface area contributed by atoms with E-state index in [1.165, 1.54) is 43.5 Å². The zero-order valence-corrected chi connectivity index (χ0v) is 19.0. The molecular formula is C29H31NO3. The molecule has 2 aliphatic rings. The fourth-order valence-corrected chi connectivity index (χ4v) is 4.99. The molecule has 1 aliphatic carbocycles. The Bertz CT molecular complexity index is 1190. The highest BCUT2D eigenvalue weighted by atomic mass is 16.5. The van der Waals surface area contributed by atoms with Crippen LogP contribution in [0.5, 0.6) is 11.5 Å². The Kier molecular flexibility index (Phi) is 6.36. The lowest BCUT2D eigenvalue weighted by molar-refractivity contribution is 0.148. The lowest BCUT2D eigenvalue weighted by Gasteiger charge is -2.26. The summed E-state index contributed by atoms with van der Waals surface area (Å²) in [5.74, 6) is 1.47. The van der Waals surface area contributed by atoms with E-state index in [9.17, 15) is 10.2 Å². The van der Waals surface area contributed by atoms with Crippen LogP contribution in [0.15, 0.2) is 72.5 Å². The lowest BCUT2D eigenvalue weighted by Crippen LogP contribution is -2.32. The van der Waals surface area contributed by atoms with Crippen molar-refractivity contribution >= 4 is 16.3 Å². The summed E-state index contributed by atoms with van der Waals surface area (Å²) in [5, 5.41) is 21.9. The van der Waals surface area contributed by atoms with Crippen LogP contribution >= 0.6 is 0 Å². The monoisotopic (exact) mass is 441 g/mol. The molecule has 0 unspecified atom stereocenters. The molecule has 0 spiro atoms. The van der Waals surface area contributed by atoms with Crippen molar-refractivity contribution in [3.63, 3.8) is 0 Å². The third kappa shape index (κ3) is 4.91. The number of nitrogens with zero attached hydrogens (tertiary/aromatic N) is 1. The molecule has 170 valence electrons. The van der Waals surface area contributed by atoms with Gasteiger partial charge in [0.2, 0.25) is 0 Å². The van der Waals surface area contributed by atoms with Gasteiger partial charge in [0.15, 0.2) is 0 Å². The fraction of sp³-hybridized carbons (Fsp3) is 0.310. The Labute approximate surface area is 195 Å². The van der Waals surface area contributed by atoms with Crippen LogP contribution in [0.2, 0.25) is 0 Å². The molecule has 5 rings (SSSR count). The van der Waals surface area contributed by atoms with Gasteiger partial charge in [-0.1, -0.05) is 36.8 Å². The summed E-state index contributed by atoms with van der Waals surface area (Å²) in [6.45, 7) is 4.06. The van der Waals surface area contributed by atoms with E-state index in [0.717, 1.165) is 47.0 Å². The molecule has 4 heteroatoms. The first-order valence-electron chi connectivity index (χ1n) is 12.0. The minimum atomic E-state index is 0.259. The van der Waals surface area contributed by atoms with Gasteiger partial charge in [-0.3, -0.25) is 4.90 Å². The first-order chi connectivity index (χ1) is 16.2. The van der Waals surface area contributed by atoms with Gasteiger partial charge in [-0.05, 0) is 108 Å². The summed E-state index contributed by atoms with van der Waals surface area (Å²) in [4.78, 5) is 2.50. The minimum Gasteiger partial charge on any atom is -0.508 e. The number of piperidine rings is 1. The number of benzene rings is 3. The van der Waals surface area contributed by atoms with Gasteiger partial charge in [0, 0.05) is 6.54 Å². The number of phenolic OH excluding ortho intramolecular Hbond substituents is 2. The highest BCUT2D eigenvalue weighted by Gasteiger charge is 2.17. The zero-order chi connectivity index (χ0) is 22.6. The normalized spacial score (nSPS) is 17.0. The Morgan fingerprint density at radius 3 is 2.45 bits per heavy atom. The van der Waals surface area contributed by atoms with Gasteiger partial charge < -0.3 is 14.9 Å². The second-order valence-electron chi connectivity index (χ2n) is 9.01. The molecule has 2 N–H and O–H groups in total. The Morgan fingerprint density at radius 1 is 0.848 bits per heavy atom. The van der Waals surface area contributed by atoms with Crippen LogP contribution in [-0.2, 0) is 4.74 Å². The molecule has 0 saturated carbocycles. The van der Waals surface area contributed by atoms with Crippen LogP contribution in [-0.4, -0.2) is 41.4 Å². The van der Waals surface area contributed by atoms with E-state index in [2.05, 4.69) is 29.2 Å². The van der Waals surface area contributed by atoms with E-state index in [4.69, 9.17) is 4.74 Å². The third-order valence-corrected chi connectivity index (χ3v) is 6.70. The van der Waals surface area contributed by atoms with Crippen LogP contribution < -0.4 is 0 Å². The van der Waals surface area contributed by atoms with Gasteiger partial charge >= 0.3 is 0 Å². The topological polar surface area (TPSA) is 52.9 Å². The highest BCUT2D eigenvalue weighted by molar-refractivity contribution is 6.01. The van der Waals surface area contributed by atoms with Gasteiger partial charge in [0.25, 0.3) is 0 Å². The van der Waals surface area contributed by atoms with Crippen LogP contribution in [0.25, 0.3) is 27.5 Å². The standard InChI is InChI=1S/C29H31NO3/c31-24-10-7-21(8-11-24)27-13-9-22-19-25(32)12-14-28(22)29(27)23-5-4-6-26(20-23)33-18-17-30-15-2-1-3-16-30/h6-14,19-20,31-32H,1-5,15-18H2. The average molecular weight is 442 g/mol. The van der Waals surface area contributed by atoms with Gasteiger partial charge in [-0.2, -0.15) is 0 Å². The van der Waals surface area contributed by atoms with Gasteiger partial charge in [0.05, 0.1) is 0 Å². The van der Waals surface area contributed by atoms with Crippen molar-refractivity contribution < 1.29 is 14.9 Å². The number of aromatic hydroxyl groups is 2. The van der Waals surface area contributed by atoms with E-state index >= 15 is 0 Å². The maximum absolute atomic E-state index is 10.0. The average Bonchev–Trinajstić information content (AvgIpc) is 2.85. The second kappa shape index (κ2) is 9.72. The van der Waals surface area contributed by atoms with Crippen LogP contribution in [0.4, 0.5) is 0 Å². The smallest absolute Gasteiger partial charge is 0.116 e. The van der Waals surface area contributed by atoms with E-state index < -0.39 is 0 Å². The minimum absolute atomic E-state index is 0.259. The second-order valence-corrected chi connectivity index (χ2v) is 9.01. The van der Waals surface area contributed by atoms with Crippen LogP contribution in [0, 0.1) is 0 Å². The van der Waals surface area contributed by atoms with E-state index in [0.29, 0.717) is 6.61 Å². The number of hydrogen-bond acceptors (Lipinski definition) is 4. The van der Waals surface area contributed by atoms with Crippen molar-refractivity contribution in [3.8, 4) is 22.6 Å². The Balaban J connectivity index is 1.47. The third-order valence-electron chi connectivity index (χ3n) is 6.70. The Hall–Kier alpha value is -3.24. The molecule has 1 saturated heterocycles. The molecule has 0 bridgehead atoms. The first-order valence-corrected chi connectivity index (χ1v) is 12.0. The SMILES string of the molecule is Oc1ccc(-c2ccc3cc(O)ccc3c2C2=CC(OCCN3CCCCC3)=CCC2)cc1. The van der Waals surface area contributed by atoms with Crippen LogP contribution in [0.3, 0.4) is 0 Å². The highest BCUT2D eigenvalue weighted by Crippen LogP contribution is 2.40. The first kappa shape index (κ1) is 21.6. The summed E-state index contributed by atoms with van der Waals surface area (Å²) >= 11 is 0. The molecule has 1 heterocycles. The molecule has 33 heavy (non-hydrogen) atoms. The maximum Gasteiger partial charge on any atom is 0.116 e. The lowest BCUT2D eigenvalue weighted by atomic mass is 9.86. The number of ether oxygens (including phenoxy) is 1. The Morgan fingerprint density at radius 2 is 1.64 bits per heavy atom. The number of likely N-dealkylation sites (tertiary alicyclic amines) is 1. The van der Waals surface area contributed by atoms with Crippen molar-refractivity contribution in [2.75, 3.05) is 26.2 Å². The zero-order valence-electron chi connectivity index (χ0n) is 19.0. The van der Waals surface area contributed by atoms with Crippen molar-refractivity contribution in [1.29, 1.82) is 0 Å². The number of allylic oxidation sites excluding steroid dienone is 3. The van der Waals surface area contributed by atoms with Crippen molar-refractivity contribution in [2.24, 2.45) is 0 Å². The molecule has 3 aromatic rings. The molecule has 0 radical (unpaired) electrons. The van der Waals surface area contributed by atoms with E-state index in [1.807, 2.05) is 24.3 Å². The fourth-order valence-electron chi connectivity index (χ4n) is 4.99. The molecular weight excluding hydrogens is 410 g/mol. The van der Waals surface area contributed by atoms with Crippen molar-refractivity contribution in [3.05, 3.63) is 78.1 Å². The predicted octanol–water partition coefficient (Wildman–Crippen LogP) is 6.48. The molecule has 1 aliphatic heterocycles. The molecule has 1 fully saturated rings.